The summed E-state index contributed by atoms with van der Waals surface area (Å²) in [6.07, 6.45) is 45.9. The number of phosphoric ester groups is 2. The van der Waals surface area contributed by atoms with Crippen LogP contribution in [0.5, 0.6) is 0 Å². The Kier molecular flexibility index (Phi) is 61.3. The van der Waals surface area contributed by atoms with Crippen LogP contribution < -0.4 is 0 Å². The molecular formula is C73H142O17P2. The number of rotatable bonds is 70. The number of aliphatic hydroxyl groups is 1. The van der Waals surface area contributed by atoms with E-state index in [1.54, 1.807) is 0 Å². The van der Waals surface area contributed by atoms with Crippen molar-refractivity contribution >= 4 is 39.5 Å². The average molecular weight is 1350 g/mol. The number of phosphoric acid groups is 2. The van der Waals surface area contributed by atoms with Crippen molar-refractivity contribution in [2.75, 3.05) is 39.6 Å². The van der Waals surface area contributed by atoms with Crippen LogP contribution in [0.1, 0.15) is 364 Å². The first-order valence-electron chi connectivity index (χ1n) is 37.8. The summed E-state index contributed by atoms with van der Waals surface area (Å²) in [6, 6.07) is 0. The van der Waals surface area contributed by atoms with E-state index >= 15 is 0 Å². The highest BCUT2D eigenvalue weighted by atomic mass is 31.2. The highest BCUT2D eigenvalue weighted by Gasteiger charge is 2.30. The Morgan fingerprint density at radius 3 is 0.772 bits per heavy atom. The van der Waals surface area contributed by atoms with Gasteiger partial charge in [-0.25, -0.2) is 9.13 Å². The van der Waals surface area contributed by atoms with Gasteiger partial charge in [-0.3, -0.25) is 37.3 Å². The monoisotopic (exact) mass is 1350 g/mol. The van der Waals surface area contributed by atoms with Crippen molar-refractivity contribution in [2.24, 2.45) is 23.7 Å². The van der Waals surface area contributed by atoms with E-state index in [4.69, 9.17) is 37.0 Å². The minimum Gasteiger partial charge on any atom is -0.462 e. The lowest BCUT2D eigenvalue weighted by Gasteiger charge is -2.21. The van der Waals surface area contributed by atoms with E-state index in [0.717, 1.165) is 108 Å². The number of carbonyl (C=O) groups excluding carboxylic acids is 4. The van der Waals surface area contributed by atoms with Crippen molar-refractivity contribution in [1.29, 1.82) is 0 Å². The molecule has 0 aliphatic heterocycles. The van der Waals surface area contributed by atoms with Gasteiger partial charge in [-0.15, -0.1) is 0 Å². The third kappa shape index (κ3) is 64.1. The fraction of sp³-hybridized carbons (Fsp3) is 0.945. The van der Waals surface area contributed by atoms with Crippen LogP contribution in [0.4, 0.5) is 0 Å². The molecule has 0 amide bonds. The first kappa shape index (κ1) is 90.1. The molecule has 92 heavy (non-hydrogen) atoms. The van der Waals surface area contributed by atoms with E-state index in [1.807, 2.05) is 0 Å². The van der Waals surface area contributed by atoms with Crippen LogP contribution in [0.15, 0.2) is 0 Å². The van der Waals surface area contributed by atoms with E-state index in [0.29, 0.717) is 37.5 Å². The smallest absolute Gasteiger partial charge is 0.462 e. The van der Waals surface area contributed by atoms with Crippen molar-refractivity contribution in [3.8, 4) is 0 Å². The zero-order valence-corrected chi connectivity index (χ0v) is 62.0. The Morgan fingerprint density at radius 2 is 0.522 bits per heavy atom. The standard InChI is InChI=1S/C73H142O17P2/c1-9-65(7)51-43-35-27-19-15-13-11-12-14-16-21-29-37-45-53-70(75)83-59-69(90-73(78)56-48-40-32-24-26-34-42-50-64(5)6)62-88-92(81,82)86-58-67(74)57-85-91(79,80)87-61-68(60-84-71(76)54-46-38-31-23-25-33-41-49-63(3)4)89-72(77)55-47-39-30-22-18-17-20-28-36-44-52-66(8)10-2/h63-69,74H,9-62H2,1-8H3,(H,79,80)(H,81,82)/t65?,66?,67?,68-,69-/m1/s1. The van der Waals surface area contributed by atoms with Gasteiger partial charge < -0.3 is 33.8 Å². The van der Waals surface area contributed by atoms with E-state index in [1.165, 1.54) is 161 Å². The largest absolute Gasteiger partial charge is 0.472 e. The predicted molar refractivity (Wildman–Crippen MR) is 372 cm³/mol. The van der Waals surface area contributed by atoms with E-state index in [2.05, 4.69) is 55.4 Å². The van der Waals surface area contributed by atoms with Crippen LogP contribution in [-0.4, -0.2) is 96.7 Å². The molecule has 0 saturated heterocycles. The minimum atomic E-state index is -4.95. The lowest BCUT2D eigenvalue weighted by atomic mass is 9.99. The van der Waals surface area contributed by atoms with Gasteiger partial charge in [0, 0.05) is 25.7 Å². The van der Waals surface area contributed by atoms with Gasteiger partial charge in [0.2, 0.25) is 0 Å². The van der Waals surface area contributed by atoms with E-state index in [9.17, 15) is 43.2 Å². The number of carbonyl (C=O) groups is 4. The lowest BCUT2D eigenvalue weighted by molar-refractivity contribution is -0.161. The number of hydrogen-bond acceptors (Lipinski definition) is 15. The minimum absolute atomic E-state index is 0.103. The van der Waals surface area contributed by atoms with Crippen LogP contribution in [0.2, 0.25) is 0 Å². The molecule has 19 heteroatoms. The molecule has 0 aliphatic carbocycles. The quantitative estimate of drug-likeness (QED) is 0.0222. The summed E-state index contributed by atoms with van der Waals surface area (Å²) < 4.78 is 68.4. The first-order valence-corrected chi connectivity index (χ1v) is 40.8. The summed E-state index contributed by atoms with van der Waals surface area (Å²) in [4.78, 5) is 72.6. The molecule has 0 bridgehead atoms. The summed E-state index contributed by atoms with van der Waals surface area (Å²) in [6.45, 7) is 14.1. The van der Waals surface area contributed by atoms with Crippen molar-refractivity contribution in [1.82, 2.24) is 0 Å². The zero-order chi connectivity index (χ0) is 68.2. The molecule has 0 rings (SSSR count). The predicted octanol–water partition coefficient (Wildman–Crippen LogP) is 20.9. The number of ether oxygens (including phenoxy) is 4. The number of aliphatic hydroxyl groups excluding tert-OH is 1. The Morgan fingerprint density at radius 1 is 0.304 bits per heavy atom. The molecule has 0 saturated carbocycles. The topological polar surface area (TPSA) is 237 Å². The molecule has 546 valence electrons. The zero-order valence-electron chi connectivity index (χ0n) is 60.2. The highest BCUT2D eigenvalue weighted by molar-refractivity contribution is 7.47. The van der Waals surface area contributed by atoms with Crippen LogP contribution in [-0.2, 0) is 65.4 Å². The molecule has 0 aromatic carbocycles. The van der Waals surface area contributed by atoms with Gasteiger partial charge in [0.25, 0.3) is 0 Å². The van der Waals surface area contributed by atoms with Crippen molar-refractivity contribution < 1.29 is 80.2 Å². The SMILES string of the molecule is CCC(C)CCCCCCCCCCCCCCCCC(=O)OC[C@H](COP(=O)(O)OCC(O)COP(=O)(O)OC[C@@H](COC(=O)CCCCCCCCCC(C)C)OC(=O)CCCCCCCCCCCCC(C)CC)OC(=O)CCCCCCCCCC(C)C. The number of esters is 4. The average Bonchev–Trinajstić information content (AvgIpc) is 3.03. The molecule has 0 fully saturated rings. The second-order valence-electron chi connectivity index (χ2n) is 27.8. The van der Waals surface area contributed by atoms with Gasteiger partial charge in [0.1, 0.15) is 19.3 Å². The molecular weight excluding hydrogens is 1210 g/mol. The van der Waals surface area contributed by atoms with Gasteiger partial charge in [-0.2, -0.15) is 0 Å². The van der Waals surface area contributed by atoms with Gasteiger partial charge in [-0.05, 0) is 49.4 Å². The summed E-state index contributed by atoms with van der Waals surface area (Å²) in [5.41, 5.74) is 0. The molecule has 0 aromatic rings. The molecule has 5 unspecified atom stereocenters. The molecule has 0 aromatic heterocycles. The van der Waals surface area contributed by atoms with Crippen molar-refractivity contribution in [2.45, 2.75) is 382 Å². The molecule has 0 heterocycles. The van der Waals surface area contributed by atoms with E-state index < -0.39 is 97.5 Å². The van der Waals surface area contributed by atoms with Crippen LogP contribution >= 0.6 is 15.6 Å². The van der Waals surface area contributed by atoms with E-state index in [-0.39, 0.29) is 25.7 Å². The maximum atomic E-state index is 13.0. The third-order valence-electron chi connectivity index (χ3n) is 17.5. The second-order valence-corrected chi connectivity index (χ2v) is 30.7. The van der Waals surface area contributed by atoms with Crippen LogP contribution in [0, 0.1) is 23.7 Å². The molecule has 0 aliphatic rings. The normalized spacial score (nSPS) is 14.8. The fourth-order valence-corrected chi connectivity index (χ4v) is 12.5. The fourth-order valence-electron chi connectivity index (χ4n) is 11.0. The van der Waals surface area contributed by atoms with Gasteiger partial charge in [0.05, 0.1) is 26.4 Å². The molecule has 3 N–H and O–H groups in total. The Bertz CT molecular complexity index is 1820. The Balaban J connectivity index is 5.20. The van der Waals surface area contributed by atoms with Crippen LogP contribution in [0.3, 0.4) is 0 Å². The summed E-state index contributed by atoms with van der Waals surface area (Å²) in [5, 5.41) is 10.6. The van der Waals surface area contributed by atoms with Gasteiger partial charge >= 0.3 is 39.5 Å². The third-order valence-corrected chi connectivity index (χ3v) is 19.4. The molecule has 17 nitrogen and oxygen atoms in total. The lowest BCUT2D eigenvalue weighted by Crippen LogP contribution is -2.30. The number of unbranched alkanes of at least 4 members (excludes halogenated alkanes) is 34. The molecule has 0 spiro atoms. The molecule has 0 radical (unpaired) electrons. The Labute approximate surface area is 562 Å². The number of hydrogen-bond donors (Lipinski definition) is 3. The first-order chi connectivity index (χ1) is 44.2. The van der Waals surface area contributed by atoms with Crippen molar-refractivity contribution in [3.05, 3.63) is 0 Å². The second kappa shape index (κ2) is 62.6. The summed E-state index contributed by atoms with van der Waals surface area (Å²) >= 11 is 0. The van der Waals surface area contributed by atoms with Crippen molar-refractivity contribution in [3.63, 3.8) is 0 Å². The summed E-state index contributed by atoms with van der Waals surface area (Å²) in [7, 11) is -9.91. The maximum absolute atomic E-state index is 13.0. The highest BCUT2D eigenvalue weighted by Crippen LogP contribution is 2.45. The molecule has 7 atom stereocenters. The Hall–Kier alpha value is -1.94. The van der Waals surface area contributed by atoms with Gasteiger partial charge in [-0.1, -0.05) is 312 Å². The summed E-state index contributed by atoms with van der Waals surface area (Å²) in [5.74, 6) is 0.925. The van der Waals surface area contributed by atoms with Crippen LogP contribution in [0.25, 0.3) is 0 Å². The maximum Gasteiger partial charge on any atom is 0.472 e. The van der Waals surface area contributed by atoms with Gasteiger partial charge in [0.15, 0.2) is 12.2 Å².